The highest BCUT2D eigenvalue weighted by atomic mass is 16.6. The number of hydrogen-bond acceptors (Lipinski definition) is 4. The van der Waals surface area contributed by atoms with Crippen molar-refractivity contribution in [1.29, 1.82) is 0 Å². The van der Waals surface area contributed by atoms with E-state index in [1.807, 2.05) is 0 Å². The number of ketones is 1. The fourth-order valence-corrected chi connectivity index (χ4v) is 0.792. The summed E-state index contributed by atoms with van der Waals surface area (Å²) >= 11 is 0. The largest absolute Gasteiger partial charge is 0.467 e. The predicted octanol–water partition coefficient (Wildman–Crippen LogP) is 0.935. The third-order valence-electron chi connectivity index (χ3n) is 1.52. The first-order chi connectivity index (χ1) is 6.16. The van der Waals surface area contributed by atoms with Crippen LogP contribution >= 0.6 is 0 Å². The van der Waals surface area contributed by atoms with Gasteiger partial charge in [-0.2, -0.15) is 0 Å². The Morgan fingerprint density at radius 1 is 1.23 bits per heavy atom. The minimum Gasteiger partial charge on any atom is -0.467 e. The number of carbonyl (C=O) groups is 2. The van der Waals surface area contributed by atoms with E-state index in [4.69, 9.17) is 4.74 Å². The minimum absolute atomic E-state index is 0.00340. The van der Waals surface area contributed by atoms with Crippen molar-refractivity contribution in [2.45, 2.75) is 26.2 Å². The summed E-state index contributed by atoms with van der Waals surface area (Å²) in [5, 5.41) is 0. The first-order valence-electron chi connectivity index (χ1n) is 4.31. The van der Waals surface area contributed by atoms with Crippen LogP contribution in [0.1, 0.15) is 26.2 Å². The van der Waals surface area contributed by atoms with Crippen molar-refractivity contribution in [2.75, 3.05) is 20.3 Å². The monoisotopic (exact) mass is 188 g/mol. The molecule has 0 unspecified atom stereocenters. The van der Waals surface area contributed by atoms with Crippen molar-refractivity contribution in [3.63, 3.8) is 0 Å². The van der Waals surface area contributed by atoms with E-state index in [0.29, 0.717) is 13.0 Å². The lowest BCUT2D eigenvalue weighted by atomic mass is 10.2. The van der Waals surface area contributed by atoms with Gasteiger partial charge in [-0.25, -0.2) is 4.79 Å². The van der Waals surface area contributed by atoms with Gasteiger partial charge in [-0.05, 0) is 19.8 Å². The Kier molecular flexibility index (Phi) is 7.20. The standard InChI is InChI=1S/C9H16O4/c1-8(10)5-3-4-6-13-7-9(11)12-2/h3-7H2,1-2H3. The molecule has 4 nitrogen and oxygen atoms in total. The zero-order chi connectivity index (χ0) is 10.1. The normalized spacial score (nSPS) is 9.69. The molecule has 0 aliphatic rings. The molecule has 0 atom stereocenters. The Morgan fingerprint density at radius 3 is 2.46 bits per heavy atom. The molecule has 0 aromatic heterocycles. The Bertz CT molecular complexity index is 165. The first kappa shape index (κ1) is 12.1. The lowest BCUT2D eigenvalue weighted by Crippen LogP contribution is -2.10. The topological polar surface area (TPSA) is 52.6 Å². The maximum Gasteiger partial charge on any atom is 0.331 e. The lowest BCUT2D eigenvalue weighted by Gasteiger charge is -2.01. The molecule has 0 aromatic rings. The molecule has 4 heteroatoms. The third kappa shape index (κ3) is 9.01. The molecule has 0 fully saturated rings. The van der Waals surface area contributed by atoms with Gasteiger partial charge in [0.05, 0.1) is 7.11 Å². The molecule has 0 amide bonds. The van der Waals surface area contributed by atoms with Gasteiger partial charge >= 0.3 is 5.97 Å². The van der Waals surface area contributed by atoms with Crippen LogP contribution in [-0.2, 0) is 19.1 Å². The van der Waals surface area contributed by atoms with Gasteiger partial charge in [0, 0.05) is 13.0 Å². The average Bonchev–Trinajstić information content (AvgIpc) is 2.10. The maximum atomic E-state index is 10.6. The highest BCUT2D eigenvalue weighted by molar-refractivity contribution is 5.75. The smallest absolute Gasteiger partial charge is 0.331 e. The van der Waals surface area contributed by atoms with Gasteiger partial charge in [0.15, 0.2) is 0 Å². The van der Waals surface area contributed by atoms with Gasteiger partial charge in [0.2, 0.25) is 0 Å². The highest BCUT2D eigenvalue weighted by Crippen LogP contribution is 1.96. The van der Waals surface area contributed by atoms with E-state index in [1.165, 1.54) is 7.11 Å². The fraction of sp³-hybridized carbons (Fsp3) is 0.778. The minimum atomic E-state index is -0.369. The van der Waals surface area contributed by atoms with Gasteiger partial charge in [0.25, 0.3) is 0 Å². The molecule has 0 N–H and O–H groups in total. The number of ether oxygens (including phenoxy) is 2. The fourth-order valence-electron chi connectivity index (χ4n) is 0.792. The van der Waals surface area contributed by atoms with Gasteiger partial charge in [-0.1, -0.05) is 0 Å². The zero-order valence-electron chi connectivity index (χ0n) is 8.17. The van der Waals surface area contributed by atoms with Crippen molar-refractivity contribution in [3.8, 4) is 0 Å². The molecule has 0 bridgehead atoms. The zero-order valence-corrected chi connectivity index (χ0v) is 8.17. The SMILES string of the molecule is COC(=O)COCCCCC(C)=O. The molecule has 0 aliphatic carbocycles. The van der Waals surface area contributed by atoms with Crippen LogP contribution in [0.3, 0.4) is 0 Å². The van der Waals surface area contributed by atoms with Gasteiger partial charge < -0.3 is 14.3 Å². The third-order valence-corrected chi connectivity index (χ3v) is 1.52. The molecule has 0 aliphatic heterocycles. The van der Waals surface area contributed by atoms with E-state index in [-0.39, 0.29) is 18.4 Å². The van der Waals surface area contributed by atoms with Crippen LogP contribution in [0.4, 0.5) is 0 Å². The van der Waals surface area contributed by atoms with Crippen molar-refractivity contribution in [1.82, 2.24) is 0 Å². The summed E-state index contributed by atoms with van der Waals surface area (Å²) in [7, 11) is 1.32. The first-order valence-corrected chi connectivity index (χ1v) is 4.31. The summed E-state index contributed by atoms with van der Waals surface area (Å²) in [4.78, 5) is 21.1. The summed E-state index contributed by atoms with van der Waals surface area (Å²) in [6, 6.07) is 0. The number of methoxy groups -OCH3 is 1. The summed E-state index contributed by atoms with van der Waals surface area (Å²) in [5.41, 5.74) is 0. The molecule has 0 saturated carbocycles. The van der Waals surface area contributed by atoms with E-state index in [1.54, 1.807) is 6.92 Å². The lowest BCUT2D eigenvalue weighted by molar-refractivity contribution is -0.146. The molecule has 0 saturated heterocycles. The molecular weight excluding hydrogens is 172 g/mol. The van der Waals surface area contributed by atoms with Crippen LogP contribution in [-0.4, -0.2) is 32.1 Å². The number of Topliss-reactive ketones (excluding diaryl/α,β-unsaturated/α-hetero) is 1. The molecule has 0 rings (SSSR count). The number of carbonyl (C=O) groups excluding carboxylic acids is 2. The van der Waals surface area contributed by atoms with Crippen molar-refractivity contribution in [2.24, 2.45) is 0 Å². The number of rotatable bonds is 7. The van der Waals surface area contributed by atoms with Crippen LogP contribution in [0.2, 0.25) is 0 Å². The van der Waals surface area contributed by atoms with Gasteiger partial charge in [-0.15, -0.1) is 0 Å². The van der Waals surface area contributed by atoms with Crippen LogP contribution in [0, 0.1) is 0 Å². The number of hydrogen-bond donors (Lipinski definition) is 0. The van der Waals surface area contributed by atoms with Crippen LogP contribution in [0.15, 0.2) is 0 Å². The quantitative estimate of drug-likeness (QED) is 0.440. The number of unbranched alkanes of at least 4 members (excludes halogenated alkanes) is 1. The van der Waals surface area contributed by atoms with Crippen LogP contribution in [0.5, 0.6) is 0 Å². The summed E-state index contributed by atoms with van der Waals surface area (Å²) < 4.78 is 9.36. The molecule has 0 radical (unpaired) electrons. The Morgan fingerprint density at radius 2 is 1.92 bits per heavy atom. The van der Waals surface area contributed by atoms with Crippen molar-refractivity contribution < 1.29 is 19.1 Å². The van der Waals surface area contributed by atoms with E-state index >= 15 is 0 Å². The summed E-state index contributed by atoms with van der Waals surface area (Å²) in [6.07, 6.45) is 2.20. The van der Waals surface area contributed by atoms with Gasteiger partial charge in [-0.3, -0.25) is 0 Å². The van der Waals surface area contributed by atoms with Crippen molar-refractivity contribution in [3.05, 3.63) is 0 Å². The second-order valence-corrected chi connectivity index (χ2v) is 2.79. The predicted molar refractivity (Wildman–Crippen MR) is 47.4 cm³/mol. The van der Waals surface area contributed by atoms with E-state index in [9.17, 15) is 9.59 Å². The van der Waals surface area contributed by atoms with Crippen LogP contribution < -0.4 is 0 Å². The van der Waals surface area contributed by atoms with E-state index in [2.05, 4.69) is 4.74 Å². The number of esters is 1. The second-order valence-electron chi connectivity index (χ2n) is 2.79. The molecule has 0 heterocycles. The maximum absolute atomic E-state index is 10.6. The van der Waals surface area contributed by atoms with Crippen LogP contribution in [0.25, 0.3) is 0 Å². The van der Waals surface area contributed by atoms with Crippen molar-refractivity contribution >= 4 is 11.8 Å². The molecule has 0 spiro atoms. The highest BCUT2D eigenvalue weighted by Gasteiger charge is 1.99. The van der Waals surface area contributed by atoms with E-state index in [0.717, 1.165) is 12.8 Å². The molecule has 76 valence electrons. The summed E-state index contributed by atoms with van der Waals surface area (Å²) in [5.74, 6) is -0.181. The summed E-state index contributed by atoms with van der Waals surface area (Å²) in [6.45, 7) is 2.06. The molecule has 0 aromatic carbocycles. The Labute approximate surface area is 78.2 Å². The average molecular weight is 188 g/mol. The van der Waals surface area contributed by atoms with E-state index < -0.39 is 0 Å². The molecule has 13 heavy (non-hydrogen) atoms. The second kappa shape index (κ2) is 7.73. The Hall–Kier alpha value is -0.900. The van der Waals surface area contributed by atoms with Gasteiger partial charge in [0.1, 0.15) is 12.4 Å². The molecular formula is C9H16O4. The Balaban J connectivity index is 3.08.